The summed E-state index contributed by atoms with van der Waals surface area (Å²) in [5.41, 5.74) is 0.657. The first-order valence-electron chi connectivity index (χ1n) is 5.96. The Balaban J connectivity index is 0. The predicted molar refractivity (Wildman–Crippen MR) is 76.5 cm³/mol. The van der Waals surface area contributed by atoms with Crippen molar-refractivity contribution >= 4 is 28.0 Å². The summed E-state index contributed by atoms with van der Waals surface area (Å²) in [6.45, 7) is 8.00. The summed E-state index contributed by atoms with van der Waals surface area (Å²) in [5.74, 6) is 0.0135. The molecule has 0 radical (unpaired) electrons. The lowest BCUT2D eigenvalue weighted by molar-refractivity contribution is -0.107. The van der Waals surface area contributed by atoms with Crippen LogP contribution in [0, 0.1) is 0 Å². The zero-order chi connectivity index (χ0) is 13.7. The molecule has 0 aliphatic carbocycles. The molecule has 0 unspecified atom stereocenters. The molecule has 0 aromatic heterocycles. The van der Waals surface area contributed by atoms with Crippen molar-refractivity contribution in [1.82, 2.24) is 0 Å². The summed E-state index contributed by atoms with van der Waals surface area (Å²) >= 11 is 3.28. The first kappa shape index (κ1) is 18.4. The molecule has 1 rings (SSSR count). The Hall–Kier alpha value is -0.960. The molecule has 0 spiro atoms. The zero-order valence-corrected chi connectivity index (χ0v) is 12.6. The fourth-order valence-electron chi connectivity index (χ4n) is 0.970. The van der Waals surface area contributed by atoms with E-state index < -0.39 is 0 Å². The summed E-state index contributed by atoms with van der Waals surface area (Å²) < 4.78 is 0.944. The van der Waals surface area contributed by atoms with Gasteiger partial charge in [0.2, 0.25) is 0 Å². The molecule has 0 N–H and O–H groups in total. The predicted octanol–water partition coefficient (Wildman–Crippen LogP) is 4.66. The van der Waals surface area contributed by atoms with Crippen molar-refractivity contribution in [2.45, 2.75) is 40.5 Å². The lowest BCUT2D eigenvalue weighted by atomic mass is 10.1. The van der Waals surface area contributed by atoms with Gasteiger partial charge in [-0.05, 0) is 12.1 Å². The number of Topliss-reactive ketones (excluding diaryl/α,β-unsaturated/α-hetero) is 1. The Kier molecular flexibility index (Phi) is 14.2. The number of carbonyl (C=O) groups excluding carboxylic acids is 2. The first-order valence-corrected chi connectivity index (χ1v) is 6.75. The van der Waals surface area contributed by atoms with E-state index >= 15 is 0 Å². The molecule has 17 heavy (non-hydrogen) atoms. The van der Waals surface area contributed by atoms with E-state index in [9.17, 15) is 9.59 Å². The summed E-state index contributed by atoms with van der Waals surface area (Å²) in [7, 11) is 0. The largest absolute Gasteiger partial charge is 0.303 e. The van der Waals surface area contributed by atoms with Crippen molar-refractivity contribution in [3.63, 3.8) is 0 Å². The van der Waals surface area contributed by atoms with E-state index in [0.717, 1.165) is 10.8 Å². The Bertz CT molecular complexity index is 305. The maximum absolute atomic E-state index is 11.3. The Labute approximate surface area is 113 Å². The van der Waals surface area contributed by atoms with E-state index in [1.54, 1.807) is 12.1 Å². The molecule has 3 heteroatoms. The lowest BCUT2D eigenvalue weighted by Gasteiger charge is -1.97. The molecular formula is C14H21BrO2. The van der Waals surface area contributed by atoms with Crippen LogP contribution < -0.4 is 0 Å². The SMILES string of the molecule is CC.CC.O=CCCC(=O)c1ccc(Br)cc1. The summed E-state index contributed by atoms with van der Waals surface area (Å²) in [6.07, 6.45) is 1.36. The van der Waals surface area contributed by atoms with E-state index in [4.69, 9.17) is 0 Å². The molecular weight excluding hydrogens is 280 g/mol. The minimum atomic E-state index is 0.0135. The molecule has 0 bridgehead atoms. The van der Waals surface area contributed by atoms with Crippen LogP contribution in [0.25, 0.3) is 0 Å². The third-order valence-corrected chi connectivity index (χ3v) is 2.18. The fraction of sp³-hybridized carbons (Fsp3) is 0.429. The Morgan fingerprint density at radius 2 is 1.59 bits per heavy atom. The van der Waals surface area contributed by atoms with Gasteiger partial charge < -0.3 is 4.79 Å². The Morgan fingerprint density at radius 3 is 2.00 bits per heavy atom. The molecule has 1 aromatic carbocycles. The normalized spacial score (nSPS) is 8.06. The van der Waals surface area contributed by atoms with Gasteiger partial charge in [-0.1, -0.05) is 55.8 Å². The molecule has 0 atom stereocenters. The van der Waals surface area contributed by atoms with Gasteiger partial charge in [0.25, 0.3) is 0 Å². The molecule has 0 saturated heterocycles. The smallest absolute Gasteiger partial charge is 0.163 e. The van der Waals surface area contributed by atoms with Crippen molar-refractivity contribution in [2.24, 2.45) is 0 Å². The number of benzene rings is 1. The van der Waals surface area contributed by atoms with Crippen molar-refractivity contribution in [2.75, 3.05) is 0 Å². The van der Waals surface area contributed by atoms with Crippen LogP contribution >= 0.6 is 15.9 Å². The maximum atomic E-state index is 11.3. The van der Waals surface area contributed by atoms with Crippen molar-refractivity contribution in [1.29, 1.82) is 0 Å². The second-order valence-electron chi connectivity index (χ2n) is 2.64. The molecule has 1 aromatic rings. The van der Waals surface area contributed by atoms with E-state index in [-0.39, 0.29) is 5.78 Å². The average Bonchev–Trinajstić information content (AvgIpc) is 2.41. The van der Waals surface area contributed by atoms with E-state index in [1.165, 1.54) is 0 Å². The first-order chi connectivity index (χ1) is 8.24. The second kappa shape index (κ2) is 13.1. The highest BCUT2D eigenvalue weighted by atomic mass is 79.9. The third-order valence-electron chi connectivity index (χ3n) is 1.66. The van der Waals surface area contributed by atoms with E-state index in [0.29, 0.717) is 18.4 Å². The van der Waals surface area contributed by atoms with Crippen LogP contribution in [0.5, 0.6) is 0 Å². The monoisotopic (exact) mass is 300 g/mol. The molecule has 0 aliphatic rings. The maximum Gasteiger partial charge on any atom is 0.163 e. The van der Waals surface area contributed by atoms with Crippen LogP contribution in [0.3, 0.4) is 0 Å². The van der Waals surface area contributed by atoms with Crippen LogP contribution in [0.2, 0.25) is 0 Å². The van der Waals surface area contributed by atoms with Gasteiger partial charge in [0.05, 0.1) is 0 Å². The number of hydrogen-bond donors (Lipinski definition) is 0. The van der Waals surface area contributed by atoms with Gasteiger partial charge in [-0.2, -0.15) is 0 Å². The minimum Gasteiger partial charge on any atom is -0.303 e. The Morgan fingerprint density at radius 1 is 1.12 bits per heavy atom. The highest BCUT2D eigenvalue weighted by Crippen LogP contribution is 2.12. The number of aldehydes is 1. The van der Waals surface area contributed by atoms with E-state index in [2.05, 4.69) is 15.9 Å². The zero-order valence-electron chi connectivity index (χ0n) is 11.0. The van der Waals surface area contributed by atoms with Crippen LogP contribution in [0.15, 0.2) is 28.7 Å². The van der Waals surface area contributed by atoms with Crippen molar-refractivity contribution in [3.05, 3.63) is 34.3 Å². The number of rotatable bonds is 4. The second-order valence-corrected chi connectivity index (χ2v) is 3.55. The van der Waals surface area contributed by atoms with Crippen LogP contribution in [-0.4, -0.2) is 12.1 Å². The van der Waals surface area contributed by atoms with Crippen LogP contribution in [0.4, 0.5) is 0 Å². The quantitative estimate of drug-likeness (QED) is 0.598. The van der Waals surface area contributed by atoms with Gasteiger partial charge in [-0.3, -0.25) is 4.79 Å². The van der Waals surface area contributed by atoms with Gasteiger partial charge in [-0.25, -0.2) is 0 Å². The van der Waals surface area contributed by atoms with E-state index in [1.807, 2.05) is 39.8 Å². The van der Waals surface area contributed by atoms with Gasteiger partial charge in [0.1, 0.15) is 6.29 Å². The van der Waals surface area contributed by atoms with Crippen LogP contribution in [-0.2, 0) is 4.79 Å². The van der Waals surface area contributed by atoms with Gasteiger partial charge >= 0.3 is 0 Å². The molecule has 0 fully saturated rings. The van der Waals surface area contributed by atoms with Gasteiger partial charge in [0.15, 0.2) is 5.78 Å². The number of hydrogen-bond acceptors (Lipinski definition) is 2. The van der Waals surface area contributed by atoms with Crippen LogP contribution in [0.1, 0.15) is 50.9 Å². The molecule has 0 amide bonds. The number of ketones is 1. The highest BCUT2D eigenvalue weighted by Gasteiger charge is 2.03. The third kappa shape index (κ3) is 8.81. The van der Waals surface area contributed by atoms with Crippen molar-refractivity contribution in [3.8, 4) is 0 Å². The number of halogens is 1. The summed E-state index contributed by atoms with van der Waals surface area (Å²) in [5, 5.41) is 0. The van der Waals surface area contributed by atoms with Gasteiger partial charge in [-0.15, -0.1) is 0 Å². The molecule has 96 valence electrons. The average molecular weight is 301 g/mol. The highest BCUT2D eigenvalue weighted by molar-refractivity contribution is 9.10. The number of carbonyl (C=O) groups is 2. The molecule has 0 heterocycles. The van der Waals surface area contributed by atoms with Crippen molar-refractivity contribution < 1.29 is 9.59 Å². The standard InChI is InChI=1S/C10H9BrO2.2C2H6/c11-9-5-3-8(4-6-9)10(13)2-1-7-12;2*1-2/h3-7H,1-2H2;2*1-2H3. The summed E-state index contributed by atoms with van der Waals surface area (Å²) in [6, 6.07) is 7.12. The van der Waals surface area contributed by atoms with Gasteiger partial charge in [0, 0.05) is 22.9 Å². The molecule has 0 saturated carbocycles. The topological polar surface area (TPSA) is 34.1 Å². The molecule has 2 nitrogen and oxygen atoms in total. The molecule has 0 aliphatic heterocycles. The fourth-order valence-corrected chi connectivity index (χ4v) is 1.23. The summed E-state index contributed by atoms with van der Waals surface area (Å²) in [4.78, 5) is 21.4. The lowest BCUT2D eigenvalue weighted by Crippen LogP contribution is -1.98. The minimum absolute atomic E-state index is 0.0135.